The van der Waals surface area contributed by atoms with E-state index in [-0.39, 0.29) is 17.4 Å². The molecule has 4 rings (SSSR count). The van der Waals surface area contributed by atoms with Crippen LogP contribution in [0.15, 0.2) is 113 Å². The van der Waals surface area contributed by atoms with E-state index in [0.717, 1.165) is 17.5 Å². The third kappa shape index (κ3) is 8.28. The predicted octanol–water partition coefficient (Wildman–Crippen LogP) is 4.32. The fourth-order valence-corrected chi connectivity index (χ4v) is 5.10. The number of benzene rings is 4. The summed E-state index contributed by atoms with van der Waals surface area (Å²) in [6.07, 6.45) is 2.23. The molecule has 0 spiro atoms. The highest BCUT2D eigenvalue weighted by Crippen LogP contribution is 2.22. The van der Waals surface area contributed by atoms with Crippen molar-refractivity contribution in [2.24, 2.45) is 5.10 Å². The number of hydrogen-bond donors (Lipinski definition) is 2. The van der Waals surface area contributed by atoms with Crippen LogP contribution < -0.4 is 19.8 Å². The molecule has 10 heteroatoms. The molecule has 0 saturated heterocycles. The highest BCUT2D eigenvalue weighted by atomic mass is 32.2. The maximum absolute atomic E-state index is 12.9. The number of rotatable bonds is 12. The van der Waals surface area contributed by atoms with Gasteiger partial charge in [0, 0.05) is 19.2 Å². The van der Waals surface area contributed by atoms with Gasteiger partial charge in [0.25, 0.3) is 21.8 Å². The zero-order chi connectivity index (χ0) is 30.0. The molecule has 4 aromatic carbocycles. The van der Waals surface area contributed by atoms with Gasteiger partial charge in [-0.2, -0.15) is 5.10 Å². The summed E-state index contributed by atoms with van der Waals surface area (Å²) in [6, 6.07) is 29.6. The van der Waals surface area contributed by atoms with Crippen LogP contribution in [0.25, 0.3) is 0 Å². The summed E-state index contributed by atoms with van der Waals surface area (Å²) >= 11 is 0. The van der Waals surface area contributed by atoms with Gasteiger partial charge in [-0.3, -0.25) is 13.9 Å². The monoisotopic (exact) mass is 584 g/mol. The smallest absolute Gasteiger partial charge is 0.271 e. The number of carbonyl (C=O) groups excluding carboxylic acids is 2. The van der Waals surface area contributed by atoms with Gasteiger partial charge in [0.15, 0.2) is 6.61 Å². The number of hydrazone groups is 1. The Labute approximate surface area is 245 Å². The Morgan fingerprint density at radius 3 is 2.21 bits per heavy atom. The zero-order valence-corrected chi connectivity index (χ0v) is 24.2. The van der Waals surface area contributed by atoms with Gasteiger partial charge in [-0.15, -0.1) is 0 Å². The number of anilines is 1. The van der Waals surface area contributed by atoms with E-state index in [1.807, 2.05) is 37.3 Å². The fourth-order valence-electron chi connectivity index (χ4n) is 3.90. The maximum Gasteiger partial charge on any atom is 0.271 e. The lowest BCUT2D eigenvalue weighted by molar-refractivity contribution is -0.123. The second-order valence-electron chi connectivity index (χ2n) is 9.47. The van der Waals surface area contributed by atoms with Crippen molar-refractivity contribution in [3.8, 4) is 5.75 Å². The van der Waals surface area contributed by atoms with E-state index in [1.165, 1.54) is 29.7 Å². The molecule has 0 bridgehead atoms. The lowest BCUT2D eigenvalue weighted by atomic mass is 10.1. The van der Waals surface area contributed by atoms with Crippen LogP contribution in [-0.4, -0.2) is 46.6 Å². The summed E-state index contributed by atoms with van der Waals surface area (Å²) in [4.78, 5) is 24.7. The van der Waals surface area contributed by atoms with E-state index in [4.69, 9.17) is 4.74 Å². The number of amides is 2. The first-order valence-electron chi connectivity index (χ1n) is 13.2. The average Bonchev–Trinajstić information content (AvgIpc) is 3.01. The first-order chi connectivity index (χ1) is 20.2. The number of ether oxygens (including phenoxy) is 1. The second kappa shape index (κ2) is 14.1. The Bertz CT molecular complexity index is 1620. The van der Waals surface area contributed by atoms with Gasteiger partial charge < -0.3 is 10.1 Å². The van der Waals surface area contributed by atoms with E-state index < -0.39 is 15.9 Å². The van der Waals surface area contributed by atoms with E-state index in [0.29, 0.717) is 29.1 Å². The third-order valence-electron chi connectivity index (χ3n) is 6.38. The predicted molar refractivity (Wildman–Crippen MR) is 163 cm³/mol. The summed E-state index contributed by atoms with van der Waals surface area (Å²) in [5, 5.41) is 6.82. The Kier molecular flexibility index (Phi) is 10.1. The zero-order valence-electron chi connectivity index (χ0n) is 23.4. The molecule has 0 radical (unpaired) electrons. The standard InChI is InChI=1S/C32H32N4O5S/c1-24-8-18-30(19-9-24)42(39,40)36(2)28-14-12-27(13-15-28)32(38)35-34-22-26-10-16-29(17-11-26)41-23-31(37)33-21-20-25-6-4-3-5-7-25/h3-19,22H,20-21,23H2,1-2H3,(H,33,37)(H,35,38)/b34-22-. The Morgan fingerprint density at radius 1 is 0.881 bits per heavy atom. The van der Waals surface area contributed by atoms with Crippen LogP contribution in [0.4, 0.5) is 5.69 Å². The van der Waals surface area contributed by atoms with Crippen molar-refractivity contribution < 1.29 is 22.7 Å². The van der Waals surface area contributed by atoms with Crippen molar-refractivity contribution in [2.45, 2.75) is 18.2 Å². The first-order valence-corrected chi connectivity index (χ1v) is 14.7. The Morgan fingerprint density at radius 2 is 1.55 bits per heavy atom. The quantitative estimate of drug-likeness (QED) is 0.190. The van der Waals surface area contributed by atoms with Crippen LogP contribution in [0.5, 0.6) is 5.75 Å². The molecular formula is C32H32N4O5S. The molecule has 2 N–H and O–H groups in total. The minimum Gasteiger partial charge on any atom is -0.484 e. The van der Waals surface area contributed by atoms with Gasteiger partial charge >= 0.3 is 0 Å². The Hall–Kier alpha value is -4.96. The molecule has 216 valence electrons. The SMILES string of the molecule is Cc1ccc(S(=O)(=O)N(C)c2ccc(C(=O)N/N=C\c3ccc(OCC(=O)NCCc4ccccc4)cc3)cc2)cc1. The van der Waals surface area contributed by atoms with Gasteiger partial charge in [-0.25, -0.2) is 13.8 Å². The molecular weight excluding hydrogens is 552 g/mol. The molecule has 0 fully saturated rings. The lowest BCUT2D eigenvalue weighted by Gasteiger charge is -2.19. The molecule has 4 aromatic rings. The highest BCUT2D eigenvalue weighted by Gasteiger charge is 2.21. The number of aryl methyl sites for hydroxylation is 1. The van der Waals surface area contributed by atoms with Crippen molar-refractivity contribution in [3.63, 3.8) is 0 Å². The highest BCUT2D eigenvalue weighted by molar-refractivity contribution is 7.92. The van der Waals surface area contributed by atoms with E-state index in [1.54, 1.807) is 60.7 Å². The molecule has 0 unspecified atom stereocenters. The van der Waals surface area contributed by atoms with Crippen LogP contribution in [0.1, 0.15) is 27.0 Å². The normalized spacial score (nSPS) is 11.2. The van der Waals surface area contributed by atoms with Crippen LogP contribution >= 0.6 is 0 Å². The summed E-state index contributed by atoms with van der Waals surface area (Å²) in [5.74, 6) is -0.115. The molecule has 42 heavy (non-hydrogen) atoms. The fraction of sp³-hybridized carbons (Fsp3) is 0.156. The van der Waals surface area contributed by atoms with Crippen molar-refractivity contribution in [1.29, 1.82) is 0 Å². The van der Waals surface area contributed by atoms with Gasteiger partial charge in [0.2, 0.25) is 0 Å². The molecule has 0 saturated carbocycles. The molecule has 0 aliphatic heterocycles. The third-order valence-corrected chi connectivity index (χ3v) is 8.18. The summed E-state index contributed by atoms with van der Waals surface area (Å²) < 4.78 is 32.5. The molecule has 0 heterocycles. The minimum atomic E-state index is -3.73. The van der Waals surface area contributed by atoms with Gasteiger partial charge in [0.1, 0.15) is 5.75 Å². The summed E-state index contributed by atoms with van der Waals surface area (Å²) in [7, 11) is -2.27. The Balaban J connectivity index is 1.22. The van der Waals surface area contributed by atoms with Crippen molar-refractivity contribution in [2.75, 3.05) is 24.5 Å². The van der Waals surface area contributed by atoms with Crippen LogP contribution in [-0.2, 0) is 21.2 Å². The maximum atomic E-state index is 12.9. The topological polar surface area (TPSA) is 117 Å². The van der Waals surface area contributed by atoms with Crippen molar-refractivity contribution >= 4 is 33.7 Å². The number of nitrogens with zero attached hydrogens (tertiary/aromatic N) is 2. The molecule has 0 atom stereocenters. The summed E-state index contributed by atoms with van der Waals surface area (Å²) in [5.41, 5.74) is 6.03. The van der Waals surface area contributed by atoms with Crippen molar-refractivity contribution in [3.05, 3.63) is 125 Å². The summed E-state index contributed by atoms with van der Waals surface area (Å²) in [6.45, 7) is 2.33. The second-order valence-corrected chi connectivity index (χ2v) is 11.4. The van der Waals surface area contributed by atoms with Gasteiger partial charge in [0.05, 0.1) is 16.8 Å². The molecule has 0 aliphatic carbocycles. The van der Waals surface area contributed by atoms with E-state index >= 15 is 0 Å². The van der Waals surface area contributed by atoms with E-state index in [2.05, 4.69) is 15.8 Å². The lowest BCUT2D eigenvalue weighted by Crippen LogP contribution is -2.30. The van der Waals surface area contributed by atoms with Gasteiger partial charge in [-0.05, 0) is 85.1 Å². The first kappa shape index (κ1) is 30.0. The van der Waals surface area contributed by atoms with Gasteiger partial charge in [-0.1, -0.05) is 48.0 Å². The molecule has 0 aromatic heterocycles. The van der Waals surface area contributed by atoms with E-state index in [9.17, 15) is 18.0 Å². The largest absolute Gasteiger partial charge is 0.484 e. The average molecular weight is 585 g/mol. The number of nitrogens with one attached hydrogen (secondary N) is 2. The van der Waals surface area contributed by atoms with Crippen LogP contribution in [0.2, 0.25) is 0 Å². The number of hydrogen-bond acceptors (Lipinski definition) is 6. The molecule has 0 aliphatic rings. The van der Waals surface area contributed by atoms with Crippen LogP contribution in [0.3, 0.4) is 0 Å². The van der Waals surface area contributed by atoms with Crippen molar-refractivity contribution in [1.82, 2.24) is 10.7 Å². The number of sulfonamides is 1. The minimum absolute atomic E-state index is 0.0925. The molecule has 9 nitrogen and oxygen atoms in total. The van der Waals surface area contributed by atoms with Crippen LogP contribution in [0, 0.1) is 6.92 Å². The molecule has 2 amide bonds. The number of carbonyl (C=O) groups is 2.